The largest absolute Gasteiger partial charge is 0.480 e. The van der Waals surface area contributed by atoms with Crippen LogP contribution in [0.15, 0.2) is 0 Å². The number of carbonyl (C=O) groups is 11. The summed E-state index contributed by atoms with van der Waals surface area (Å²) in [5.74, 6) is -8.23. The fourth-order valence-electron chi connectivity index (χ4n) is 5.31. The summed E-state index contributed by atoms with van der Waals surface area (Å²) in [6.45, 7) is 0.755. The molecule has 2 aliphatic heterocycles. The highest BCUT2D eigenvalue weighted by Crippen LogP contribution is 2.17. The highest BCUT2D eigenvalue weighted by molar-refractivity contribution is 5.96. The number of primary amides is 1. The summed E-state index contributed by atoms with van der Waals surface area (Å²) in [5.41, 5.74) is 5.18. The SMILES string of the molecule is CC(NC(=O)CNC(=O)CNC(=O)CNC(=O)C(CCC(N)=O)NC(=O)[C@H](C)NC(=O)C1CCCN1)C(=O)NCC(=O)N1CCCC1C(=O)NCC(=O)O. The maximum Gasteiger partial charge on any atom is 0.322 e. The molecular weight excluding hydrogens is 718 g/mol. The van der Waals surface area contributed by atoms with E-state index in [-0.39, 0.29) is 25.3 Å². The molecule has 300 valence electrons. The summed E-state index contributed by atoms with van der Waals surface area (Å²) in [4.78, 5) is 135. The molecule has 0 spiro atoms. The minimum Gasteiger partial charge on any atom is -0.480 e. The summed E-state index contributed by atoms with van der Waals surface area (Å²) >= 11 is 0. The topological polar surface area (TPSA) is 346 Å². The molecule has 2 fully saturated rings. The average molecular weight is 768 g/mol. The Morgan fingerprint density at radius 1 is 0.685 bits per heavy atom. The molecule has 2 heterocycles. The maximum atomic E-state index is 12.8. The molecule has 2 saturated heterocycles. The van der Waals surface area contributed by atoms with Crippen LogP contribution >= 0.6 is 0 Å². The average Bonchev–Trinajstić information content (AvgIpc) is 3.85. The zero-order chi connectivity index (χ0) is 40.4. The zero-order valence-electron chi connectivity index (χ0n) is 30.0. The lowest BCUT2D eigenvalue weighted by molar-refractivity contribution is -0.141. The predicted molar refractivity (Wildman–Crippen MR) is 184 cm³/mol. The van der Waals surface area contributed by atoms with Crippen molar-refractivity contribution in [3.63, 3.8) is 0 Å². The minimum absolute atomic E-state index is 0.196. The Bertz CT molecular complexity index is 1450. The molecular formula is C31H49N11O12. The number of hydrogen-bond donors (Lipinski definition) is 11. The summed E-state index contributed by atoms with van der Waals surface area (Å²) in [6, 6.07) is -4.75. The summed E-state index contributed by atoms with van der Waals surface area (Å²) in [6.07, 6.45) is 1.79. The maximum absolute atomic E-state index is 12.8. The van der Waals surface area contributed by atoms with Gasteiger partial charge in [0.2, 0.25) is 59.1 Å². The van der Waals surface area contributed by atoms with Crippen molar-refractivity contribution in [1.82, 2.24) is 52.8 Å². The van der Waals surface area contributed by atoms with E-state index in [1.165, 1.54) is 18.7 Å². The van der Waals surface area contributed by atoms with Gasteiger partial charge in [0, 0.05) is 13.0 Å². The van der Waals surface area contributed by atoms with Gasteiger partial charge in [0.25, 0.3) is 0 Å². The van der Waals surface area contributed by atoms with Gasteiger partial charge < -0.3 is 63.6 Å². The Kier molecular flexibility index (Phi) is 18.3. The van der Waals surface area contributed by atoms with E-state index in [0.717, 1.165) is 6.42 Å². The molecule has 4 unspecified atom stereocenters. The Labute approximate surface area is 309 Å². The van der Waals surface area contributed by atoms with Gasteiger partial charge in [-0.1, -0.05) is 0 Å². The molecule has 54 heavy (non-hydrogen) atoms. The first kappa shape index (κ1) is 44.3. The fourth-order valence-corrected chi connectivity index (χ4v) is 5.31. The van der Waals surface area contributed by atoms with Crippen LogP contribution in [-0.4, -0.2) is 151 Å². The van der Waals surface area contributed by atoms with Crippen LogP contribution in [0.1, 0.15) is 52.4 Å². The van der Waals surface area contributed by atoms with Crippen LogP contribution in [-0.2, 0) is 52.7 Å². The predicted octanol–water partition coefficient (Wildman–Crippen LogP) is -6.85. The van der Waals surface area contributed by atoms with Gasteiger partial charge in [0.1, 0.15) is 30.7 Å². The first-order chi connectivity index (χ1) is 25.5. The summed E-state index contributed by atoms with van der Waals surface area (Å²) < 4.78 is 0. The number of carboxylic acid groups (broad SMARTS) is 1. The molecule has 0 radical (unpaired) electrons. The fraction of sp³-hybridized carbons (Fsp3) is 0.645. The van der Waals surface area contributed by atoms with Gasteiger partial charge in [0.05, 0.1) is 32.2 Å². The molecule has 5 atom stereocenters. The van der Waals surface area contributed by atoms with Crippen LogP contribution in [0.4, 0.5) is 0 Å². The van der Waals surface area contributed by atoms with Crippen molar-refractivity contribution in [2.45, 2.75) is 82.6 Å². The van der Waals surface area contributed by atoms with Crippen LogP contribution in [0.25, 0.3) is 0 Å². The monoisotopic (exact) mass is 767 g/mol. The lowest BCUT2D eigenvalue weighted by atomic mass is 10.1. The molecule has 0 saturated carbocycles. The highest BCUT2D eigenvalue weighted by atomic mass is 16.4. The van der Waals surface area contributed by atoms with Gasteiger partial charge >= 0.3 is 5.97 Å². The van der Waals surface area contributed by atoms with Gasteiger partial charge in [-0.25, -0.2) is 0 Å². The van der Waals surface area contributed by atoms with Gasteiger partial charge in [-0.2, -0.15) is 0 Å². The molecule has 2 rings (SSSR count). The molecule has 0 bridgehead atoms. The van der Waals surface area contributed by atoms with E-state index in [1.807, 2.05) is 0 Å². The van der Waals surface area contributed by atoms with Crippen molar-refractivity contribution in [3.8, 4) is 0 Å². The van der Waals surface area contributed by atoms with Crippen LogP contribution in [0, 0.1) is 0 Å². The van der Waals surface area contributed by atoms with E-state index < -0.39 is 122 Å². The van der Waals surface area contributed by atoms with E-state index in [0.29, 0.717) is 25.8 Å². The van der Waals surface area contributed by atoms with Crippen LogP contribution in [0.5, 0.6) is 0 Å². The van der Waals surface area contributed by atoms with E-state index in [2.05, 4.69) is 47.9 Å². The highest BCUT2D eigenvalue weighted by Gasteiger charge is 2.34. The second-order valence-corrected chi connectivity index (χ2v) is 12.6. The quantitative estimate of drug-likeness (QED) is 0.0518. The molecule has 0 aromatic carbocycles. The van der Waals surface area contributed by atoms with Crippen molar-refractivity contribution in [1.29, 1.82) is 0 Å². The van der Waals surface area contributed by atoms with E-state index >= 15 is 0 Å². The number of nitrogens with two attached hydrogens (primary N) is 1. The standard InChI is InChI=1S/C31H49N11O12/c1-16(27(50)37-14-25(47)42-10-4-6-20(42)31(54)38-15-26(48)49)39-24(46)13-35-22(44)11-34-23(45)12-36-29(52)19(7-8-21(32)43)41-28(51)17(2)40-30(53)18-5-3-9-33-18/h16-20,33H,3-15H2,1-2H3,(H2,32,43)(H,34,45)(H,35,44)(H,36,52)(H,37,50)(H,38,54)(H,39,46)(H,40,53)(H,41,51)(H,48,49)/t16?,17-,18?,19?,20?/m0/s1. The molecule has 2 aliphatic rings. The van der Waals surface area contributed by atoms with E-state index in [9.17, 15) is 52.7 Å². The molecule has 12 N–H and O–H groups in total. The Hall–Kier alpha value is -5.87. The smallest absolute Gasteiger partial charge is 0.322 e. The number of amides is 10. The van der Waals surface area contributed by atoms with Gasteiger partial charge in [-0.15, -0.1) is 0 Å². The zero-order valence-corrected chi connectivity index (χ0v) is 30.0. The Morgan fingerprint density at radius 2 is 1.30 bits per heavy atom. The lowest BCUT2D eigenvalue weighted by Crippen LogP contribution is -2.55. The molecule has 23 nitrogen and oxygen atoms in total. The number of nitrogens with zero attached hydrogens (tertiary/aromatic N) is 1. The molecule has 23 heteroatoms. The Morgan fingerprint density at radius 3 is 1.91 bits per heavy atom. The molecule has 0 aromatic rings. The first-order valence-corrected chi connectivity index (χ1v) is 17.3. The second-order valence-electron chi connectivity index (χ2n) is 12.6. The minimum atomic E-state index is -1.28. The number of likely N-dealkylation sites (tertiary alicyclic amines) is 1. The first-order valence-electron chi connectivity index (χ1n) is 17.3. The lowest BCUT2D eigenvalue weighted by Gasteiger charge is -2.24. The van der Waals surface area contributed by atoms with Crippen LogP contribution in [0.2, 0.25) is 0 Å². The summed E-state index contributed by atoms with van der Waals surface area (Å²) in [5, 5.41) is 30.3. The van der Waals surface area contributed by atoms with Crippen LogP contribution in [0.3, 0.4) is 0 Å². The normalized spacial score (nSPS) is 17.8. The van der Waals surface area contributed by atoms with E-state index in [4.69, 9.17) is 10.8 Å². The second kappa shape index (κ2) is 22.3. The van der Waals surface area contributed by atoms with Gasteiger partial charge in [-0.05, 0) is 52.5 Å². The third kappa shape index (κ3) is 15.8. The molecule has 0 aromatic heterocycles. The molecule has 0 aliphatic carbocycles. The number of nitrogens with one attached hydrogen (secondary N) is 9. The van der Waals surface area contributed by atoms with Crippen molar-refractivity contribution in [2.75, 3.05) is 45.8 Å². The van der Waals surface area contributed by atoms with Gasteiger partial charge in [-0.3, -0.25) is 52.7 Å². The third-order valence-electron chi connectivity index (χ3n) is 8.23. The third-order valence-corrected chi connectivity index (χ3v) is 8.23. The van der Waals surface area contributed by atoms with Crippen molar-refractivity contribution in [2.24, 2.45) is 5.73 Å². The summed E-state index contributed by atoms with van der Waals surface area (Å²) in [7, 11) is 0. The van der Waals surface area contributed by atoms with Crippen LogP contribution < -0.4 is 53.6 Å². The van der Waals surface area contributed by atoms with Crippen molar-refractivity contribution in [3.05, 3.63) is 0 Å². The number of rotatable bonds is 21. The number of aliphatic carboxylic acids is 1. The van der Waals surface area contributed by atoms with Crippen molar-refractivity contribution < 1.29 is 57.8 Å². The number of carbonyl (C=O) groups excluding carboxylic acids is 10. The van der Waals surface area contributed by atoms with Gasteiger partial charge in [0.15, 0.2) is 0 Å². The van der Waals surface area contributed by atoms with E-state index in [1.54, 1.807) is 0 Å². The number of hydrogen-bond acceptors (Lipinski definition) is 12. The Balaban J connectivity index is 1.70. The van der Waals surface area contributed by atoms with Crippen molar-refractivity contribution >= 4 is 65.0 Å². The molecule has 10 amide bonds. The number of carboxylic acids is 1.